The molecule has 0 bridgehead atoms. The van der Waals surface area contributed by atoms with Gasteiger partial charge in [0.25, 0.3) is 11.8 Å². The summed E-state index contributed by atoms with van der Waals surface area (Å²) in [5.74, 6) is -1.08. The Kier molecular flexibility index (Phi) is 7.80. The van der Waals surface area contributed by atoms with Gasteiger partial charge in [0, 0.05) is 5.56 Å². The molecule has 0 spiro atoms. The molecular formula is C24H30N2O5. The molecule has 0 aliphatic rings. The summed E-state index contributed by atoms with van der Waals surface area (Å²) in [4.78, 5) is 36.3. The van der Waals surface area contributed by atoms with Gasteiger partial charge in [-0.2, -0.15) is 0 Å². The first kappa shape index (κ1) is 23.9. The van der Waals surface area contributed by atoms with Crippen LogP contribution in [0.4, 0.5) is 5.69 Å². The molecule has 0 radical (unpaired) electrons. The van der Waals surface area contributed by atoms with E-state index in [1.165, 1.54) is 7.11 Å². The minimum absolute atomic E-state index is 0.105. The molecule has 0 atom stereocenters. The predicted octanol–water partition coefficient (Wildman–Crippen LogP) is 3.52. The van der Waals surface area contributed by atoms with E-state index in [9.17, 15) is 14.4 Å². The van der Waals surface area contributed by atoms with Crippen molar-refractivity contribution in [3.05, 3.63) is 58.7 Å². The number of amides is 2. The number of carbonyl (C=O) groups excluding carboxylic acids is 3. The second-order valence-corrected chi connectivity index (χ2v) is 8.36. The Bertz CT molecular complexity index is 976. The maximum Gasteiger partial charge on any atom is 0.325 e. The number of hydrogen-bond acceptors (Lipinski definition) is 5. The summed E-state index contributed by atoms with van der Waals surface area (Å²) in [6.45, 7) is 9.25. The van der Waals surface area contributed by atoms with E-state index in [1.807, 2.05) is 32.0 Å². The second-order valence-electron chi connectivity index (χ2n) is 8.36. The molecule has 166 valence electrons. The number of hydrogen-bond donors (Lipinski definition) is 2. The van der Waals surface area contributed by atoms with E-state index in [-0.39, 0.29) is 17.9 Å². The van der Waals surface area contributed by atoms with Crippen molar-refractivity contribution in [1.29, 1.82) is 0 Å². The number of aryl methyl sites for hydroxylation is 2. The van der Waals surface area contributed by atoms with Crippen molar-refractivity contribution in [2.24, 2.45) is 0 Å². The number of nitrogens with one attached hydrogen (secondary N) is 2. The highest BCUT2D eigenvalue weighted by atomic mass is 16.5. The maximum absolute atomic E-state index is 12.2. The van der Waals surface area contributed by atoms with E-state index in [0.29, 0.717) is 17.0 Å². The summed E-state index contributed by atoms with van der Waals surface area (Å²) in [7, 11) is 1.51. The van der Waals surface area contributed by atoms with Gasteiger partial charge < -0.3 is 20.1 Å². The molecule has 2 rings (SSSR count). The lowest BCUT2D eigenvalue weighted by atomic mass is 9.87. The largest absolute Gasteiger partial charge is 0.495 e. The lowest BCUT2D eigenvalue weighted by molar-refractivity contribution is -0.146. The highest BCUT2D eigenvalue weighted by Crippen LogP contribution is 2.31. The van der Waals surface area contributed by atoms with Gasteiger partial charge >= 0.3 is 5.97 Å². The van der Waals surface area contributed by atoms with Crippen molar-refractivity contribution in [2.45, 2.75) is 40.0 Å². The van der Waals surface area contributed by atoms with Crippen molar-refractivity contribution in [1.82, 2.24) is 5.32 Å². The highest BCUT2D eigenvalue weighted by Gasteiger charge is 2.18. The summed E-state index contributed by atoms with van der Waals surface area (Å²) < 4.78 is 10.3. The lowest BCUT2D eigenvalue weighted by Gasteiger charge is -2.21. The standard InChI is InChI=1S/C24H30N2O5/c1-15-7-8-17(11-16(15)2)23(29)25-13-22(28)31-14-21(27)26-19-12-18(24(3,4)5)9-10-20(19)30-6/h7-12H,13-14H2,1-6H3,(H,25,29)(H,26,27). The quantitative estimate of drug-likeness (QED) is 0.661. The molecule has 2 aromatic carbocycles. The molecule has 7 heteroatoms. The lowest BCUT2D eigenvalue weighted by Crippen LogP contribution is -2.32. The van der Waals surface area contributed by atoms with E-state index >= 15 is 0 Å². The molecule has 0 aliphatic heterocycles. The number of carbonyl (C=O) groups is 3. The van der Waals surface area contributed by atoms with Crippen LogP contribution in [0.2, 0.25) is 0 Å². The zero-order valence-electron chi connectivity index (χ0n) is 18.9. The Labute approximate surface area is 183 Å². The van der Waals surface area contributed by atoms with Gasteiger partial charge in [0.2, 0.25) is 0 Å². The molecule has 7 nitrogen and oxygen atoms in total. The fraction of sp³-hybridized carbons (Fsp3) is 0.375. The Morgan fingerprint density at radius 2 is 1.68 bits per heavy atom. The third-order valence-corrected chi connectivity index (χ3v) is 4.87. The van der Waals surface area contributed by atoms with Gasteiger partial charge in [-0.1, -0.05) is 32.9 Å². The zero-order chi connectivity index (χ0) is 23.2. The van der Waals surface area contributed by atoms with Crippen molar-refractivity contribution in [3.8, 4) is 5.75 Å². The molecule has 2 amide bonds. The maximum atomic E-state index is 12.2. The first-order valence-electron chi connectivity index (χ1n) is 10.0. The molecule has 0 aromatic heterocycles. The fourth-order valence-corrected chi connectivity index (χ4v) is 2.79. The Hall–Kier alpha value is -3.35. The molecule has 0 aliphatic carbocycles. The third kappa shape index (κ3) is 6.84. The van der Waals surface area contributed by atoms with Crippen LogP contribution >= 0.6 is 0 Å². The van der Waals surface area contributed by atoms with Crippen LogP contribution in [0, 0.1) is 13.8 Å². The summed E-state index contributed by atoms with van der Waals surface area (Å²) >= 11 is 0. The van der Waals surface area contributed by atoms with Gasteiger partial charge in [0.1, 0.15) is 12.3 Å². The van der Waals surface area contributed by atoms with Crippen LogP contribution in [-0.4, -0.2) is 38.0 Å². The van der Waals surface area contributed by atoms with E-state index in [0.717, 1.165) is 16.7 Å². The normalized spacial score (nSPS) is 10.9. The summed E-state index contributed by atoms with van der Waals surface area (Å²) in [5.41, 5.74) is 3.93. The highest BCUT2D eigenvalue weighted by molar-refractivity contribution is 5.97. The first-order valence-corrected chi connectivity index (χ1v) is 10.0. The molecule has 0 unspecified atom stereocenters. The summed E-state index contributed by atoms with van der Waals surface area (Å²) in [6.07, 6.45) is 0. The zero-order valence-corrected chi connectivity index (χ0v) is 18.9. The van der Waals surface area contributed by atoms with Crippen LogP contribution in [-0.2, 0) is 19.7 Å². The molecule has 31 heavy (non-hydrogen) atoms. The van der Waals surface area contributed by atoms with Crippen molar-refractivity contribution < 1.29 is 23.9 Å². The van der Waals surface area contributed by atoms with Gasteiger partial charge in [-0.25, -0.2) is 0 Å². The average molecular weight is 427 g/mol. The average Bonchev–Trinajstić information content (AvgIpc) is 2.71. The van der Waals surface area contributed by atoms with Crippen molar-refractivity contribution >= 4 is 23.5 Å². The van der Waals surface area contributed by atoms with Crippen LogP contribution in [0.5, 0.6) is 5.75 Å². The van der Waals surface area contributed by atoms with E-state index in [1.54, 1.807) is 18.2 Å². The predicted molar refractivity (Wildman–Crippen MR) is 120 cm³/mol. The number of rotatable bonds is 7. The van der Waals surface area contributed by atoms with Gasteiger partial charge in [0.15, 0.2) is 6.61 Å². The van der Waals surface area contributed by atoms with E-state index in [2.05, 4.69) is 31.4 Å². The smallest absolute Gasteiger partial charge is 0.325 e. The molecule has 0 saturated heterocycles. The monoisotopic (exact) mass is 426 g/mol. The molecule has 0 fully saturated rings. The Morgan fingerprint density at radius 3 is 2.29 bits per heavy atom. The molecule has 0 saturated carbocycles. The van der Waals surface area contributed by atoms with Crippen LogP contribution in [0.15, 0.2) is 36.4 Å². The second kappa shape index (κ2) is 10.1. The SMILES string of the molecule is COc1ccc(C(C)(C)C)cc1NC(=O)COC(=O)CNC(=O)c1ccc(C)c(C)c1. The minimum atomic E-state index is -0.706. The van der Waals surface area contributed by atoms with Crippen LogP contribution < -0.4 is 15.4 Å². The number of esters is 1. The Morgan fingerprint density at radius 1 is 0.968 bits per heavy atom. The summed E-state index contributed by atoms with van der Waals surface area (Å²) in [6, 6.07) is 10.8. The molecule has 0 heterocycles. The van der Waals surface area contributed by atoms with Gasteiger partial charge in [-0.3, -0.25) is 14.4 Å². The summed E-state index contributed by atoms with van der Waals surface area (Å²) in [5, 5.41) is 5.20. The number of ether oxygens (including phenoxy) is 2. The van der Waals surface area contributed by atoms with E-state index < -0.39 is 18.5 Å². The molecular weight excluding hydrogens is 396 g/mol. The van der Waals surface area contributed by atoms with Gasteiger partial charge in [0.05, 0.1) is 12.8 Å². The van der Waals surface area contributed by atoms with Crippen molar-refractivity contribution in [3.63, 3.8) is 0 Å². The van der Waals surface area contributed by atoms with Crippen molar-refractivity contribution in [2.75, 3.05) is 25.6 Å². The van der Waals surface area contributed by atoms with Crippen LogP contribution in [0.25, 0.3) is 0 Å². The number of anilines is 1. The number of methoxy groups -OCH3 is 1. The van der Waals surface area contributed by atoms with E-state index in [4.69, 9.17) is 9.47 Å². The van der Waals surface area contributed by atoms with Gasteiger partial charge in [-0.05, 0) is 60.2 Å². The first-order chi connectivity index (χ1) is 14.5. The molecule has 2 aromatic rings. The van der Waals surface area contributed by atoms with Gasteiger partial charge in [-0.15, -0.1) is 0 Å². The third-order valence-electron chi connectivity index (χ3n) is 4.87. The van der Waals surface area contributed by atoms with Crippen LogP contribution in [0.3, 0.4) is 0 Å². The minimum Gasteiger partial charge on any atom is -0.495 e. The van der Waals surface area contributed by atoms with Crippen LogP contribution in [0.1, 0.15) is 47.8 Å². The Balaban J connectivity index is 1.87. The fourth-order valence-electron chi connectivity index (χ4n) is 2.79. The molecule has 2 N–H and O–H groups in total. The number of benzene rings is 2. The topological polar surface area (TPSA) is 93.7 Å².